The standard InChI is InChI=1S/C22H20F3NO2/c1-14(13-28-2)26-21(27)17-8-11-20-16(12-17)4-3-5-19(20)15-6-9-18(10-7-15)22(23,24)25/h3-12,14H,13H2,1-2H3,(H,26,27)/t14-/m0/s1. The Hall–Kier alpha value is -2.86. The van der Waals surface area contributed by atoms with Crippen molar-refractivity contribution in [2.45, 2.75) is 19.1 Å². The van der Waals surface area contributed by atoms with Crippen LogP contribution in [0.1, 0.15) is 22.8 Å². The van der Waals surface area contributed by atoms with Gasteiger partial charge >= 0.3 is 6.18 Å². The molecule has 28 heavy (non-hydrogen) atoms. The molecule has 0 saturated carbocycles. The van der Waals surface area contributed by atoms with Crippen molar-refractivity contribution in [2.75, 3.05) is 13.7 Å². The van der Waals surface area contributed by atoms with Crippen LogP contribution >= 0.6 is 0 Å². The molecule has 0 aliphatic rings. The lowest BCUT2D eigenvalue weighted by Gasteiger charge is -2.14. The molecule has 0 bridgehead atoms. The topological polar surface area (TPSA) is 38.3 Å². The highest BCUT2D eigenvalue weighted by molar-refractivity contribution is 6.02. The average molecular weight is 387 g/mol. The summed E-state index contributed by atoms with van der Waals surface area (Å²) in [5.41, 5.74) is 1.33. The van der Waals surface area contributed by atoms with Gasteiger partial charge in [-0.25, -0.2) is 0 Å². The van der Waals surface area contributed by atoms with Gasteiger partial charge in [-0.3, -0.25) is 4.79 Å². The quantitative estimate of drug-likeness (QED) is 0.646. The summed E-state index contributed by atoms with van der Waals surface area (Å²) in [5.74, 6) is -0.202. The Labute approximate surface area is 161 Å². The van der Waals surface area contributed by atoms with Gasteiger partial charge in [0.25, 0.3) is 5.91 Å². The first-order valence-electron chi connectivity index (χ1n) is 8.80. The van der Waals surface area contributed by atoms with Crippen molar-refractivity contribution in [1.29, 1.82) is 0 Å². The van der Waals surface area contributed by atoms with Crippen LogP contribution < -0.4 is 5.32 Å². The fourth-order valence-corrected chi connectivity index (χ4v) is 3.11. The van der Waals surface area contributed by atoms with Gasteiger partial charge in [0.2, 0.25) is 0 Å². The van der Waals surface area contributed by atoms with Crippen molar-refractivity contribution in [2.24, 2.45) is 0 Å². The number of hydrogen-bond acceptors (Lipinski definition) is 2. The summed E-state index contributed by atoms with van der Waals surface area (Å²) >= 11 is 0. The minimum Gasteiger partial charge on any atom is -0.383 e. The Balaban J connectivity index is 1.93. The molecule has 0 spiro atoms. The number of methoxy groups -OCH3 is 1. The van der Waals surface area contributed by atoms with Gasteiger partial charge in [-0.15, -0.1) is 0 Å². The minimum atomic E-state index is -4.36. The Morgan fingerprint density at radius 1 is 1.07 bits per heavy atom. The van der Waals surface area contributed by atoms with Crippen LogP contribution in [0.5, 0.6) is 0 Å². The van der Waals surface area contributed by atoms with Crippen LogP contribution in [-0.4, -0.2) is 25.7 Å². The van der Waals surface area contributed by atoms with E-state index in [1.54, 1.807) is 19.2 Å². The third-order valence-electron chi connectivity index (χ3n) is 4.46. The Morgan fingerprint density at radius 2 is 1.79 bits per heavy atom. The van der Waals surface area contributed by atoms with Crippen molar-refractivity contribution >= 4 is 16.7 Å². The highest BCUT2D eigenvalue weighted by Crippen LogP contribution is 2.33. The number of hydrogen-bond donors (Lipinski definition) is 1. The predicted octanol–water partition coefficient (Wildman–Crippen LogP) is 5.29. The summed E-state index contributed by atoms with van der Waals surface area (Å²) in [6, 6.07) is 15.8. The van der Waals surface area contributed by atoms with E-state index in [4.69, 9.17) is 4.74 Å². The van der Waals surface area contributed by atoms with E-state index in [9.17, 15) is 18.0 Å². The van der Waals surface area contributed by atoms with E-state index in [1.165, 1.54) is 12.1 Å². The van der Waals surface area contributed by atoms with Crippen molar-refractivity contribution < 1.29 is 22.7 Å². The summed E-state index contributed by atoms with van der Waals surface area (Å²) < 4.78 is 43.4. The van der Waals surface area contributed by atoms with E-state index in [1.807, 2.05) is 31.2 Å². The lowest BCUT2D eigenvalue weighted by Crippen LogP contribution is -2.35. The SMILES string of the molecule is COC[C@H](C)NC(=O)c1ccc2c(-c3ccc(C(F)(F)F)cc3)cccc2c1. The zero-order valence-electron chi connectivity index (χ0n) is 15.5. The molecule has 0 aromatic heterocycles. The summed E-state index contributed by atoms with van der Waals surface area (Å²) in [5, 5.41) is 4.56. The number of fused-ring (bicyclic) bond motifs is 1. The predicted molar refractivity (Wildman–Crippen MR) is 103 cm³/mol. The molecule has 3 rings (SSSR count). The fourth-order valence-electron chi connectivity index (χ4n) is 3.11. The molecule has 1 amide bonds. The number of amides is 1. The number of carbonyl (C=O) groups is 1. The maximum Gasteiger partial charge on any atom is 0.416 e. The number of rotatable bonds is 5. The number of alkyl halides is 3. The third kappa shape index (κ3) is 4.34. The van der Waals surface area contributed by atoms with Gasteiger partial charge in [-0.05, 0) is 53.1 Å². The molecule has 146 valence electrons. The van der Waals surface area contributed by atoms with Crippen LogP contribution in [-0.2, 0) is 10.9 Å². The minimum absolute atomic E-state index is 0.119. The monoisotopic (exact) mass is 387 g/mol. The van der Waals surface area contributed by atoms with Crippen molar-refractivity contribution in [3.63, 3.8) is 0 Å². The smallest absolute Gasteiger partial charge is 0.383 e. The van der Waals surface area contributed by atoms with Gasteiger partial charge in [-0.2, -0.15) is 13.2 Å². The molecule has 1 atom stereocenters. The number of carbonyl (C=O) groups excluding carboxylic acids is 1. The molecule has 0 saturated heterocycles. The molecule has 3 aromatic rings. The van der Waals surface area contributed by atoms with E-state index >= 15 is 0 Å². The number of benzene rings is 3. The van der Waals surface area contributed by atoms with Gasteiger partial charge in [0, 0.05) is 18.7 Å². The lowest BCUT2D eigenvalue weighted by molar-refractivity contribution is -0.137. The molecular weight excluding hydrogens is 367 g/mol. The zero-order valence-corrected chi connectivity index (χ0v) is 15.5. The van der Waals surface area contributed by atoms with E-state index in [0.717, 1.165) is 28.5 Å². The number of ether oxygens (including phenoxy) is 1. The molecule has 6 heteroatoms. The average Bonchev–Trinajstić information content (AvgIpc) is 2.66. The van der Waals surface area contributed by atoms with E-state index < -0.39 is 11.7 Å². The second-order valence-corrected chi connectivity index (χ2v) is 6.65. The van der Waals surface area contributed by atoms with Crippen LogP contribution in [0.3, 0.4) is 0 Å². The largest absolute Gasteiger partial charge is 0.416 e. The summed E-state index contributed by atoms with van der Waals surface area (Å²) in [7, 11) is 1.57. The summed E-state index contributed by atoms with van der Waals surface area (Å²) in [6.07, 6.45) is -4.36. The molecule has 0 heterocycles. The molecule has 0 aliphatic heterocycles. The van der Waals surface area contributed by atoms with Crippen molar-refractivity contribution in [3.05, 3.63) is 71.8 Å². The molecule has 1 N–H and O–H groups in total. The lowest BCUT2D eigenvalue weighted by atomic mass is 9.96. The van der Waals surface area contributed by atoms with Gasteiger partial charge in [-0.1, -0.05) is 36.4 Å². The molecule has 0 aliphatic carbocycles. The summed E-state index contributed by atoms with van der Waals surface area (Å²) in [4.78, 5) is 12.4. The molecule has 3 aromatic carbocycles. The van der Waals surface area contributed by atoms with Crippen LogP contribution in [0.4, 0.5) is 13.2 Å². The van der Waals surface area contributed by atoms with Crippen LogP contribution in [0, 0.1) is 0 Å². The van der Waals surface area contributed by atoms with Crippen molar-refractivity contribution in [3.8, 4) is 11.1 Å². The first-order valence-corrected chi connectivity index (χ1v) is 8.80. The van der Waals surface area contributed by atoms with E-state index in [2.05, 4.69) is 5.32 Å². The van der Waals surface area contributed by atoms with Crippen LogP contribution in [0.25, 0.3) is 21.9 Å². The van der Waals surface area contributed by atoms with Gasteiger partial charge in [0.1, 0.15) is 0 Å². The number of halogens is 3. The van der Waals surface area contributed by atoms with Gasteiger partial charge < -0.3 is 10.1 Å². The van der Waals surface area contributed by atoms with Crippen LogP contribution in [0.15, 0.2) is 60.7 Å². The van der Waals surface area contributed by atoms with E-state index in [0.29, 0.717) is 17.7 Å². The normalized spacial score (nSPS) is 12.8. The number of nitrogens with one attached hydrogen (secondary N) is 1. The first kappa shape index (κ1) is 19.9. The molecule has 0 fully saturated rings. The van der Waals surface area contributed by atoms with Gasteiger partial charge in [0.05, 0.1) is 12.2 Å². The van der Waals surface area contributed by atoms with Gasteiger partial charge in [0.15, 0.2) is 0 Å². The maximum absolute atomic E-state index is 12.8. The summed E-state index contributed by atoms with van der Waals surface area (Å²) in [6.45, 7) is 2.27. The second-order valence-electron chi connectivity index (χ2n) is 6.65. The molecule has 0 radical (unpaired) electrons. The van der Waals surface area contributed by atoms with E-state index in [-0.39, 0.29) is 11.9 Å². The highest BCUT2D eigenvalue weighted by atomic mass is 19.4. The van der Waals surface area contributed by atoms with Crippen molar-refractivity contribution in [1.82, 2.24) is 5.32 Å². The maximum atomic E-state index is 12.8. The first-order chi connectivity index (χ1) is 13.3. The molecule has 0 unspecified atom stereocenters. The third-order valence-corrected chi connectivity index (χ3v) is 4.46. The zero-order chi connectivity index (χ0) is 20.3. The second kappa shape index (κ2) is 8.02. The highest BCUT2D eigenvalue weighted by Gasteiger charge is 2.30. The Bertz CT molecular complexity index is 981. The van der Waals surface area contributed by atoms with Crippen LogP contribution in [0.2, 0.25) is 0 Å². The Kier molecular flexibility index (Phi) is 5.70. The molecule has 3 nitrogen and oxygen atoms in total. The fraction of sp³-hybridized carbons (Fsp3) is 0.227. The Morgan fingerprint density at radius 3 is 2.43 bits per heavy atom. The molecular formula is C22H20F3NO2.